The lowest BCUT2D eigenvalue weighted by molar-refractivity contribution is 0.397. The van der Waals surface area contributed by atoms with E-state index in [9.17, 15) is 0 Å². The summed E-state index contributed by atoms with van der Waals surface area (Å²) in [5, 5.41) is 0. The Hall–Kier alpha value is -4.38. The van der Waals surface area contributed by atoms with Crippen LogP contribution in [0.5, 0.6) is 11.5 Å². The predicted molar refractivity (Wildman–Crippen MR) is 240 cm³/mol. The Balaban J connectivity index is 1.22. The number of hydrogen-bond acceptors (Lipinski definition) is 4. The quantitative estimate of drug-likeness (QED) is 0.153. The second kappa shape index (κ2) is 14.8. The van der Waals surface area contributed by atoms with E-state index >= 15 is 0 Å². The van der Waals surface area contributed by atoms with Crippen LogP contribution in [-0.2, 0) is 33.8 Å². The number of benzene rings is 6. The van der Waals surface area contributed by atoms with E-state index in [4.69, 9.17) is 9.47 Å². The number of thioether (sulfide) groups is 2. The molecule has 2 aliphatic carbocycles. The van der Waals surface area contributed by atoms with Gasteiger partial charge in [-0.15, -0.1) is 0 Å². The Kier molecular flexibility index (Phi) is 9.87. The molecule has 4 bridgehead atoms. The van der Waals surface area contributed by atoms with Gasteiger partial charge >= 0.3 is 0 Å². The maximum atomic E-state index is 5.96. The molecule has 12 rings (SSSR count). The van der Waals surface area contributed by atoms with Gasteiger partial charge in [-0.05, 0) is 140 Å². The zero-order valence-electron chi connectivity index (χ0n) is 33.7. The summed E-state index contributed by atoms with van der Waals surface area (Å²) in [6.45, 7) is 9.48. The number of hydrogen-bond donors (Lipinski definition) is 0. The maximum absolute atomic E-state index is 5.96. The first-order valence-electron chi connectivity index (χ1n) is 20.5. The Labute approximate surface area is 342 Å². The second-order valence-corrected chi connectivity index (χ2v) is 17.8. The minimum atomic E-state index is 0.0287. The van der Waals surface area contributed by atoms with Crippen molar-refractivity contribution in [2.24, 2.45) is 0 Å². The molecule has 0 unspecified atom stereocenters. The van der Waals surface area contributed by atoms with E-state index in [1.807, 2.05) is 23.5 Å². The Morgan fingerprint density at radius 3 is 1.18 bits per heavy atom. The van der Waals surface area contributed by atoms with Gasteiger partial charge in [-0.3, -0.25) is 0 Å². The summed E-state index contributed by atoms with van der Waals surface area (Å²) >= 11 is 3.92. The van der Waals surface area contributed by atoms with E-state index in [1.165, 1.54) is 89.0 Å². The molecule has 0 amide bonds. The first-order chi connectivity index (χ1) is 27.4. The lowest BCUT2D eigenvalue weighted by Crippen LogP contribution is -2.23. The molecular formula is C52H52O2S2. The normalized spacial score (nSPS) is 15.8. The van der Waals surface area contributed by atoms with Gasteiger partial charge in [-0.1, -0.05) is 100 Å². The third-order valence-electron chi connectivity index (χ3n) is 13.6. The molecule has 0 N–H and O–H groups in total. The summed E-state index contributed by atoms with van der Waals surface area (Å²) in [7, 11) is 3.58. The molecule has 0 radical (unpaired) electrons. The fourth-order valence-electron chi connectivity index (χ4n) is 10.5. The van der Waals surface area contributed by atoms with E-state index in [2.05, 4.69) is 137 Å². The molecule has 4 aliphatic heterocycles. The molecule has 6 aromatic rings. The monoisotopic (exact) mass is 772 g/mol. The van der Waals surface area contributed by atoms with E-state index in [-0.39, 0.29) is 10.8 Å². The summed E-state index contributed by atoms with van der Waals surface area (Å²) in [4.78, 5) is 0. The van der Waals surface area contributed by atoms with Crippen LogP contribution in [0, 0.1) is 0 Å². The van der Waals surface area contributed by atoms with Gasteiger partial charge in [-0.2, -0.15) is 23.5 Å². The van der Waals surface area contributed by atoms with Gasteiger partial charge in [-0.25, -0.2) is 0 Å². The van der Waals surface area contributed by atoms with Crippen LogP contribution in [0.15, 0.2) is 109 Å². The van der Waals surface area contributed by atoms with Crippen molar-refractivity contribution in [3.63, 3.8) is 0 Å². The minimum absolute atomic E-state index is 0.0287. The zero-order chi connectivity index (χ0) is 38.6. The number of fused-ring (bicyclic) bond motifs is 6. The van der Waals surface area contributed by atoms with E-state index in [0.29, 0.717) is 0 Å². The summed E-state index contributed by atoms with van der Waals surface area (Å²) in [6, 6.07) is 42.5. The highest BCUT2D eigenvalue weighted by molar-refractivity contribution is 7.98. The van der Waals surface area contributed by atoms with E-state index in [1.54, 1.807) is 14.2 Å². The molecular weight excluding hydrogens is 721 g/mol. The van der Waals surface area contributed by atoms with Gasteiger partial charge in [0.25, 0.3) is 0 Å². The third-order valence-corrected chi connectivity index (χ3v) is 15.7. The molecule has 0 saturated heterocycles. The molecule has 6 aromatic carbocycles. The topological polar surface area (TPSA) is 18.5 Å². The molecule has 4 heterocycles. The predicted octanol–water partition coefficient (Wildman–Crippen LogP) is 14.4. The number of rotatable bonds is 8. The van der Waals surface area contributed by atoms with Crippen LogP contribution in [0.4, 0.5) is 0 Å². The highest BCUT2D eigenvalue weighted by Crippen LogP contribution is 2.55. The molecule has 0 fully saturated rings. The van der Waals surface area contributed by atoms with Gasteiger partial charge in [0.05, 0.1) is 14.2 Å². The number of methoxy groups -OCH3 is 2. The Morgan fingerprint density at radius 2 is 0.786 bits per heavy atom. The molecule has 0 atom stereocenters. The average molecular weight is 773 g/mol. The highest BCUT2D eigenvalue weighted by Gasteiger charge is 2.42. The fourth-order valence-corrected chi connectivity index (χ4v) is 12.5. The summed E-state index contributed by atoms with van der Waals surface area (Å²) in [6.07, 6.45) is 4.35. The molecule has 6 aliphatic rings. The standard InChI is InChI=1S/C52H52O2S2/c1-7-51(8-2)45-17-13-11-15-39(45)41-21-19-33(25-47(41)51)43-23-36-30-56-32-38-28-49(53-5)37(27-50(38)54-6)31-55-29-35(43)24-44(36)34-20-22-42-40-16-12-14-18-46(40)52(9-3,10-4)48(42)26-34/h11-28H,7-10,29-32H2,1-6H3. The fraction of sp³-hybridized carbons (Fsp3) is 0.308. The van der Waals surface area contributed by atoms with Crippen LogP contribution >= 0.6 is 23.5 Å². The van der Waals surface area contributed by atoms with Crippen molar-refractivity contribution in [3.05, 3.63) is 154 Å². The van der Waals surface area contributed by atoms with E-state index < -0.39 is 0 Å². The van der Waals surface area contributed by atoms with Gasteiger partial charge in [0, 0.05) is 45.0 Å². The summed E-state index contributed by atoms with van der Waals surface area (Å²) in [5.74, 6) is 5.34. The molecule has 0 saturated carbocycles. The second-order valence-electron chi connectivity index (χ2n) is 15.8. The van der Waals surface area contributed by atoms with Crippen molar-refractivity contribution < 1.29 is 9.47 Å². The first kappa shape index (κ1) is 37.2. The van der Waals surface area contributed by atoms with Crippen LogP contribution in [-0.4, -0.2) is 14.2 Å². The smallest absolute Gasteiger partial charge is 0.123 e. The molecule has 0 spiro atoms. The lowest BCUT2D eigenvalue weighted by Gasteiger charge is -2.30. The SMILES string of the molecule is CCC1(CC)c2ccccc2-c2ccc(-c3cc4c(-c5ccc6c(c5)C(CC)(CC)c5ccccc5-6)cc3CSCc3cc(OC)c(cc3OC)CSC4)cc21. The first-order valence-corrected chi connectivity index (χ1v) is 22.8. The molecule has 0 aromatic heterocycles. The zero-order valence-corrected chi connectivity index (χ0v) is 35.3. The van der Waals surface area contributed by atoms with Crippen molar-refractivity contribution in [2.75, 3.05) is 14.2 Å². The van der Waals surface area contributed by atoms with Crippen LogP contribution < -0.4 is 9.47 Å². The average Bonchev–Trinajstić information content (AvgIpc) is 3.70. The lowest BCUT2D eigenvalue weighted by atomic mass is 9.73. The molecule has 56 heavy (non-hydrogen) atoms. The number of ether oxygens (including phenoxy) is 2. The van der Waals surface area contributed by atoms with Crippen molar-refractivity contribution in [1.82, 2.24) is 0 Å². The molecule has 2 nitrogen and oxygen atoms in total. The van der Waals surface area contributed by atoms with Gasteiger partial charge in [0.15, 0.2) is 0 Å². The Morgan fingerprint density at radius 1 is 0.411 bits per heavy atom. The largest absolute Gasteiger partial charge is 0.496 e. The molecule has 4 heteroatoms. The van der Waals surface area contributed by atoms with Crippen molar-refractivity contribution in [3.8, 4) is 56.0 Å². The Bertz CT molecular complexity index is 2300. The van der Waals surface area contributed by atoms with Crippen LogP contribution in [0.25, 0.3) is 44.5 Å². The van der Waals surface area contributed by atoms with Crippen molar-refractivity contribution >= 4 is 23.5 Å². The van der Waals surface area contributed by atoms with Crippen molar-refractivity contribution in [1.29, 1.82) is 0 Å². The van der Waals surface area contributed by atoms with Gasteiger partial charge < -0.3 is 9.47 Å². The maximum Gasteiger partial charge on any atom is 0.123 e. The van der Waals surface area contributed by atoms with Gasteiger partial charge in [0.2, 0.25) is 0 Å². The summed E-state index contributed by atoms with van der Waals surface area (Å²) < 4.78 is 11.9. The van der Waals surface area contributed by atoms with Crippen LogP contribution in [0.1, 0.15) is 97.9 Å². The van der Waals surface area contributed by atoms with Crippen LogP contribution in [0.3, 0.4) is 0 Å². The van der Waals surface area contributed by atoms with E-state index in [0.717, 1.165) is 60.2 Å². The minimum Gasteiger partial charge on any atom is -0.496 e. The summed E-state index contributed by atoms with van der Waals surface area (Å²) in [5.41, 5.74) is 22.1. The van der Waals surface area contributed by atoms with Crippen LogP contribution in [0.2, 0.25) is 0 Å². The van der Waals surface area contributed by atoms with Gasteiger partial charge in [0.1, 0.15) is 11.5 Å². The molecule has 284 valence electrons. The highest BCUT2D eigenvalue weighted by atomic mass is 32.2. The third kappa shape index (κ3) is 5.69. The van der Waals surface area contributed by atoms with Crippen molar-refractivity contribution in [2.45, 2.75) is 87.2 Å².